The van der Waals surface area contributed by atoms with Gasteiger partial charge in [0.15, 0.2) is 0 Å². The molecule has 0 aliphatic rings. The fraction of sp³-hybridized carbons (Fsp3) is 0.875. The molecule has 0 aliphatic heterocycles. The van der Waals surface area contributed by atoms with Gasteiger partial charge in [0.25, 0.3) is 0 Å². The Morgan fingerprint density at radius 1 is 1.50 bits per heavy atom. The van der Waals surface area contributed by atoms with E-state index in [-0.39, 0.29) is 6.10 Å². The maximum absolute atomic E-state index is 5.17. The molecule has 0 N–H and O–H groups in total. The zero-order valence-corrected chi connectivity index (χ0v) is 7.29. The quantitative estimate of drug-likeness (QED) is 0.437. The van der Waals surface area contributed by atoms with E-state index in [1.54, 1.807) is 6.21 Å². The Labute approximate surface area is 63.3 Å². The minimum absolute atomic E-state index is 0.274. The number of nitrogens with zero attached hydrogens (tertiary/aromatic N) is 1. The Morgan fingerprint density at radius 2 is 2.10 bits per heavy atom. The van der Waals surface area contributed by atoms with Gasteiger partial charge >= 0.3 is 0 Å². The minimum atomic E-state index is 0.274. The first kappa shape index (κ1) is 9.47. The third kappa shape index (κ3) is 3.49. The highest BCUT2D eigenvalue weighted by molar-refractivity contribution is 5.52. The zero-order valence-electron chi connectivity index (χ0n) is 7.29. The molecule has 0 amide bonds. The molecule has 0 saturated carbocycles. The van der Waals surface area contributed by atoms with E-state index in [0.717, 1.165) is 6.42 Å². The monoisotopic (exact) mass is 143 g/mol. The molecule has 0 aliphatic carbocycles. The highest BCUT2D eigenvalue weighted by Crippen LogP contribution is 2.09. The average Bonchev–Trinajstić information content (AvgIpc) is 1.89. The van der Waals surface area contributed by atoms with E-state index in [1.807, 2.05) is 6.92 Å². The summed E-state index contributed by atoms with van der Waals surface area (Å²) in [6, 6.07) is 0. The standard InChI is InChI=1S/C8H17NO/c1-5-8(7(3)4)10-9-6-2/h6-8H,5H2,1-4H3. The van der Waals surface area contributed by atoms with Crippen molar-refractivity contribution in [2.45, 2.75) is 40.2 Å². The van der Waals surface area contributed by atoms with Crippen molar-refractivity contribution in [3.8, 4) is 0 Å². The Hall–Kier alpha value is -0.530. The van der Waals surface area contributed by atoms with Crippen molar-refractivity contribution in [3.63, 3.8) is 0 Å². The normalized spacial score (nSPS) is 14.5. The second-order valence-electron chi connectivity index (χ2n) is 2.66. The summed E-state index contributed by atoms with van der Waals surface area (Å²) in [5, 5.41) is 3.74. The predicted octanol–water partition coefficient (Wildman–Crippen LogP) is 2.44. The largest absolute Gasteiger partial charge is 0.393 e. The fourth-order valence-electron chi connectivity index (χ4n) is 0.807. The number of hydrogen-bond acceptors (Lipinski definition) is 2. The molecule has 2 nitrogen and oxygen atoms in total. The summed E-state index contributed by atoms with van der Waals surface area (Å²) in [6.45, 7) is 8.24. The van der Waals surface area contributed by atoms with E-state index in [2.05, 4.69) is 25.9 Å². The SMILES string of the molecule is CC=NOC(CC)C(C)C. The lowest BCUT2D eigenvalue weighted by Crippen LogP contribution is -2.15. The van der Waals surface area contributed by atoms with Crippen molar-refractivity contribution < 1.29 is 4.84 Å². The third-order valence-corrected chi connectivity index (χ3v) is 1.45. The maximum atomic E-state index is 5.17. The molecule has 0 rings (SSSR count). The van der Waals surface area contributed by atoms with Gasteiger partial charge in [0.1, 0.15) is 6.10 Å². The molecule has 1 unspecified atom stereocenters. The van der Waals surface area contributed by atoms with Crippen LogP contribution in [0.1, 0.15) is 34.1 Å². The summed E-state index contributed by atoms with van der Waals surface area (Å²) in [7, 11) is 0. The molecule has 0 fully saturated rings. The molecule has 0 radical (unpaired) electrons. The lowest BCUT2D eigenvalue weighted by Gasteiger charge is -2.15. The van der Waals surface area contributed by atoms with Gasteiger partial charge in [-0.2, -0.15) is 0 Å². The molecule has 0 aromatic heterocycles. The van der Waals surface area contributed by atoms with Gasteiger partial charge < -0.3 is 4.84 Å². The van der Waals surface area contributed by atoms with E-state index in [1.165, 1.54) is 0 Å². The van der Waals surface area contributed by atoms with Crippen LogP contribution in [0.5, 0.6) is 0 Å². The van der Waals surface area contributed by atoms with Crippen LogP contribution < -0.4 is 0 Å². The first-order chi connectivity index (χ1) is 4.72. The Kier molecular flexibility index (Phi) is 4.99. The number of rotatable bonds is 4. The van der Waals surface area contributed by atoms with Crippen LogP contribution in [0, 0.1) is 5.92 Å². The Balaban J connectivity index is 3.60. The third-order valence-electron chi connectivity index (χ3n) is 1.45. The van der Waals surface area contributed by atoms with Crippen molar-refractivity contribution in [2.24, 2.45) is 11.1 Å². The van der Waals surface area contributed by atoms with E-state index in [0.29, 0.717) is 5.92 Å². The fourth-order valence-corrected chi connectivity index (χ4v) is 0.807. The van der Waals surface area contributed by atoms with Crippen LogP contribution in [0.3, 0.4) is 0 Å². The molecule has 0 saturated heterocycles. The van der Waals surface area contributed by atoms with E-state index >= 15 is 0 Å². The van der Waals surface area contributed by atoms with Crippen molar-refractivity contribution in [3.05, 3.63) is 0 Å². The minimum Gasteiger partial charge on any atom is -0.393 e. The lowest BCUT2D eigenvalue weighted by molar-refractivity contribution is 0.0252. The maximum Gasteiger partial charge on any atom is 0.129 e. The first-order valence-corrected chi connectivity index (χ1v) is 3.86. The van der Waals surface area contributed by atoms with Gasteiger partial charge in [-0.15, -0.1) is 0 Å². The van der Waals surface area contributed by atoms with Gasteiger partial charge in [0, 0.05) is 6.21 Å². The molecule has 0 aromatic rings. The van der Waals surface area contributed by atoms with Gasteiger partial charge in [-0.05, 0) is 19.3 Å². The summed E-state index contributed by atoms with van der Waals surface area (Å²) in [6.07, 6.45) is 2.97. The van der Waals surface area contributed by atoms with Gasteiger partial charge in [-0.3, -0.25) is 0 Å². The molecule has 0 aromatic carbocycles. The predicted molar refractivity (Wildman–Crippen MR) is 44.2 cm³/mol. The van der Waals surface area contributed by atoms with Crippen LogP contribution >= 0.6 is 0 Å². The van der Waals surface area contributed by atoms with Crippen LogP contribution in [0.15, 0.2) is 5.16 Å². The van der Waals surface area contributed by atoms with Crippen molar-refractivity contribution >= 4 is 6.21 Å². The first-order valence-electron chi connectivity index (χ1n) is 3.86. The summed E-state index contributed by atoms with van der Waals surface area (Å²) in [5.74, 6) is 0.550. The van der Waals surface area contributed by atoms with Gasteiger partial charge in [0.05, 0.1) is 0 Å². The summed E-state index contributed by atoms with van der Waals surface area (Å²) in [4.78, 5) is 5.17. The summed E-state index contributed by atoms with van der Waals surface area (Å²) < 4.78 is 0. The smallest absolute Gasteiger partial charge is 0.129 e. The van der Waals surface area contributed by atoms with Gasteiger partial charge in [-0.1, -0.05) is 25.9 Å². The molecule has 2 heteroatoms. The zero-order chi connectivity index (χ0) is 7.98. The second kappa shape index (κ2) is 5.27. The van der Waals surface area contributed by atoms with E-state index in [9.17, 15) is 0 Å². The van der Waals surface area contributed by atoms with Gasteiger partial charge in [-0.25, -0.2) is 0 Å². The van der Waals surface area contributed by atoms with Crippen LogP contribution in [0.25, 0.3) is 0 Å². The molecule has 60 valence electrons. The highest BCUT2D eigenvalue weighted by Gasteiger charge is 2.10. The van der Waals surface area contributed by atoms with Crippen LogP contribution in [-0.2, 0) is 4.84 Å². The number of hydrogen-bond donors (Lipinski definition) is 0. The Bertz CT molecular complexity index is 99.4. The topological polar surface area (TPSA) is 21.6 Å². The van der Waals surface area contributed by atoms with Crippen LogP contribution in [0.4, 0.5) is 0 Å². The second-order valence-corrected chi connectivity index (χ2v) is 2.66. The number of oxime groups is 1. The average molecular weight is 143 g/mol. The van der Waals surface area contributed by atoms with Crippen molar-refractivity contribution in [1.29, 1.82) is 0 Å². The van der Waals surface area contributed by atoms with Crippen molar-refractivity contribution in [2.75, 3.05) is 0 Å². The highest BCUT2D eigenvalue weighted by atomic mass is 16.6. The van der Waals surface area contributed by atoms with Crippen molar-refractivity contribution in [1.82, 2.24) is 0 Å². The Morgan fingerprint density at radius 3 is 2.40 bits per heavy atom. The molecule has 0 spiro atoms. The molecule has 0 bridgehead atoms. The molecule has 10 heavy (non-hydrogen) atoms. The lowest BCUT2D eigenvalue weighted by atomic mass is 10.1. The molecular formula is C8H17NO. The molecule has 0 heterocycles. The summed E-state index contributed by atoms with van der Waals surface area (Å²) >= 11 is 0. The van der Waals surface area contributed by atoms with Gasteiger partial charge in [0.2, 0.25) is 0 Å². The summed E-state index contributed by atoms with van der Waals surface area (Å²) in [5.41, 5.74) is 0. The van der Waals surface area contributed by atoms with E-state index < -0.39 is 0 Å². The molecular weight excluding hydrogens is 126 g/mol. The van der Waals surface area contributed by atoms with Crippen LogP contribution in [0.2, 0.25) is 0 Å². The van der Waals surface area contributed by atoms with Crippen LogP contribution in [-0.4, -0.2) is 12.3 Å². The van der Waals surface area contributed by atoms with E-state index in [4.69, 9.17) is 4.84 Å². The molecule has 1 atom stereocenters.